The zero-order chi connectivity index (χ0) is 11.1. The number of fused-ring (bicyclic) bond motifs is 2. The molecule has 0 atom stereocenters. The molecule has 0 radical (unpaired) electrons. The number of nitrogen functional groups attached to an aromatic ring is 1. The highest BCUT2D eigenvalue weighted by Gasteiger charge is 2.16. The fourth-order valence-corrected chi connectivity index (χ4v) is 2.92. The first-order valence-electron chi connectivity index (χ1n) is 5.62. The van der Waals surface area contributed by atoms with E-state index in [2.05, 4.69) is 40.8 Å². The minimum absolute atomic E-state index is 0.957. The molecule has 2 nitrogen and oxygen atoms in total. The zero-order valence-electron chi connectivity index (χ0n) is 8.96. The zero-order valence-corrected chi connectivity index (χ0v) is 11.1. The van der Waals surface area contributed by atoms with Gasteiger partial charge in [-0.2, -0.15) is 0 Å². The fraction of sp³-hybridized carbons (Fsp3) is 0.308. The van der Waals surface area contributed by atoms with Gasteiger partial charge >= 0.3 is 0 Å². The minimum Gasteiger partial charge on any atom is -0.398 e. The van der Waals surface area contributed by atoms with Crippen molar-refractivity contribution in [2.75, 3.05) is 5.73 Å². The van der Waals surface area contributed by atoms with E-state index in [0.717, 1.165) is 29.4 Å². The predicted molar refractivity (Wildman–Crippen MR) is 75.5 cm³/mol. The van der Waals surface area contributed by atoms with Crippen molar-refractivity contribution in [2.24, 2.45) is 0 Å². The lowest BCUT2D eigenvalue weighted by Gasteiger charge is -2.18. The Bertz CT molecular complexity index is 563. The molecule has 0 aliphatic heterocycles. The summed E-state index contributed by atoms with van der Waals surface area (Å²) in [6, 6.07) is 6.29. The van der Waals surface area contributed by atoms with Gasteiger partial charge in [0, 0.05) is 20.3 Å². The predicted octanol–water partition coefficient (Wildman–Crippen LogP) is 3.30. The molecule has 16 heavy (non-hydrogen) atoms. The average molecular weight is 320 g/mol. The molecule has 0 fully saturated rings. The van der Waals surface area contributed by atoms with Crippen molar-refractivity contribution >= 4 is 39.2 Å². The van der Waals surface area contributed by atoms with E-state index in [-0.39, 0.29) is 0 Å². The molecular weight excluding hydrogens is 307 g/mol. The molecular formula is C13H13IN2. The van der Waals surface area contributed by atoms with Crippen LogP contribution in [0.1, 0.15) is 24.1 Å². The van der Waals surface area contributed by atoms with Crippen molar-refractivity contribution in [1.29, 1.82) is 0 Å². The van der Waals surface area contributed by atoms with Crippen molar-refractivity contribution in [3.63, 3.8) is 0 Å². The number of nitrogens with zero attached hydrogens (tertiary/aromatic N) is 1. The second-order valence-corrected chi connectivity index (χ2v) is 5.56. The molecule has 0 spiro atoms. The molecule has 1 aromatic heterocycles. The van der Waals surface area contributed by atoms with Crippen LogP contribution in [0.25, 0.3) is 10.9 Å². The Morgan fingerprint density at radius 1 is 1.19 bits per heavy atom. The van der Waals surface area contributed by atoms with E-state index in [4.69, 9.17) is 10.7 Å². The van der Waals surface area contributed by atoms with Gasteiger partial charge in [0.05, 0.1) is 5.52 Å². The molecule has 1 aliphatic carbocycles. The topological polar surface area (TPSA) is 38.9 Å². The van der Waals surface area contributed by atoms with Gasteiger partial charge in [0.2, 0.25) is 0 Å². The number of pyridine rings is 1. The highest BCUT2D eigenvalue weighted by atomic mass is 123. The Kier molecular flexibility index (Phi) is 2.50. The summed E-state index contributed by atoms with van der Waals surface area (Å²) < 4.78 is 1.22. The third-order valence-corrected chi connectivity index (χ3v) is 3.94. The standard InChI is InChI=1S/C13H13IN2/c14-8-5-6-12-10(7-8)13(15)9-3-1-2-4-11(9)16-12/h5-7H,1-4H2,(H2,15,16)/i14-4. The van der Waals surface area contributed by atoms with E-state index in [0.29, 0.717) is 0 Å². The molecule has 0 bridgehead atoms. The van der Waals surface area contributed by atoms with Crippen LogP contribution in [0.5, 0.6) is 0 Å². The van der Waals surface area contributed by atoms with Gasteiger partial charge in [-0.05, 0) is 72.0 Å². The molecule has 0 amide bonds. The highest BCUT2D eigenvalue weighted by molar-refractivity contribution is 14.1. The molecule has 3 heteroatoms. The number of hydrogen-bond acceptors (Lipinski definition) is 2. The lowest BCUT2D eigenvalue weighted by atomic mass is 9.93. The third kappa shape index (κ3) is 1.57. The molecule has 1 aromatic carbocycles. The molecule has 2 N–H and O–H groups in total. The first kappa shape index (κ1) is 10.3. The number of hydrogen-bond donors (Lipinski definition) is 1. The largest absolute Gasteiger partial charge is 0.398 e. The summed E-state index contributed by atoms with van der Waals surface area (Å²) in [6.45, 7) is 0. The highest BCUT2D eigenvalue weighted by Crippen LogP contribution is 2.31. The summed E-state index contributed by atoms with van der Waals surface area (Å²) in [7, 11) is 0. The van der Waals surface area contributed by atoms with Crippen LogP contribution in [0.2, 0.25) is 0 Å². The maximum absolute atomic E-state index is 6.27. The fourth-order valence-electron chi connectivity index (χ4n) is 2.43. The first-order valence-corrected chi connectivity index (χ1v) is 6.70. The Balaban J connectivity index is 2.35. The van der Waals surface area contributed by atoms with Crippen LogP contribution in [0.3, 0.4) is 0 Å². The number of aryl methyl sites for hydroxylation is 1. The number of aromatic nitrogens is 1. The van der Waals surface area contributed by atoms with Crippen LogP contribution < -0.4 is 5.73 Å². The molecule has 0 saturated heterocycles. The summed E-state index contributed by atoms with van der Waals surface area (Å²) in [4.78, 5) is 4.73. The molecule has 1 aliphatic rings. The van der Waals surface area contributed by atoms with Gasteiger partial charge in [-0.3, -0.25) is 4.98 Å². The van der Waals surface area contributed by atoms with Gasteiger partial charge in [0.1, 0.15) is 0 Å². The third-order valence-electron chi connectivity index (χ3n) is 3.27. The molecule has 0 unspecified atom stereocenters. The average Bonchev–Trinajstić information content (AvgIpc) is 2.31. The molecule has 82 valence electrons. The second-order valence-electron chi connectivity index (χ2n) is 4.32. The van der Waals surface area contributed by atoms with Crippen molar-refractivity contribution in [2.45, 2.75) is 25.7 Å². The van der Waals surface area contributed by atoms with Gasteiger partial charge < -0.3 is 5.73 Å². The van der Waals surface area contributed by atoms with Crippen LogP contribution in [0.4, 0.5) is 5.69 Å². The van der Waals surface area contributed by atoms with Gasteiger partial charge in [0.25, 0.3) is 0 Å². The Morgan fingerprint density at radius 3 is 2.88 bits per heavy atom. The smallest absolute Gasteiger partial charge is 0.0726 e. The van der Waals surface area contributed by atoms with E-state index in [1.54, 1.807) is 0 Å². The maximum atomic E-state index is 6.27. The minimum atomic E-state index is 0.957. The van der Waals surface area contributed by atoms with E-state index in [1.165, 1.54) is 27.7 Å². The molecule has 1 heterocycles. The van der Waals surface area contributed by atoms with Crippen LogP contribution in [-0.2, 0) is 12.8 Å². The number of benzene rings is 1. The van der Waals surface area contributed by atoms with Crippen molar-refractivity contribution in [3.05, 3.63) is 33.0 Å². The second kappa shape index (κ2) is 3.87. The van der Waals surface area contributed by atoms with Gasteiger partial charge in [-0.15, -0.1) is 0 Å². The van der Waals surface area contributed by atoms with E-state index < -0.39 is 0 Å². The number of anilines is 1. The summed E-state index contributed by atoms with van der Waals surface area (Å²) in [5.74, 6) is 0. The quantitative estimate of drug-likeness (QED) is 0.757. The van der Waals surface area contributed by atoms with Crippen molar-refractivity contribution < 1.29 is 0 Å². The van der Waals surface area contributed by atoms with Gasteiger partial charge in [-0.25, -0.2) is 0 Å². The van der Waals surface area contributed by atoms with E-state index in [1.807, 2.05) is 0 Å². The van der Waals surface area contributed by atoms with E-state index in [9.17, 15) is 0 Å². The van der Waals surface area contributed by atoms with E-state index >= 15 is 0 Å². The molecule has 2 aromatic rings. The Morgan fingerprint density at radius 2 is 2.00 bits per heavy atom. The molecule has 0 saturated carbocycles. The summed E-state index contributed by atoms with van der Waals surface area (Å²) in [5.41, 5.74) is 10.8. The SMILES string of the molecule is Nc1c2c(nc3ccc([123I])cc13)CCCC2. The normalized spacial score (nSPS) is 15.1. The van der Waals surface area contributed by atoms with Gasteiger partial charge in [-0.1, -0.05) is 0 Å². The van der Waals surface area contributed by atoms with Crippen molar-refractivity contribution in [3.8, 4) is 0 Å². The summed E-state index contributed by atoms with van der Waals surface area (Å²) >= 11 is 2.32. The van der Waals surface area contributed by atoms with Crippen LogP contribution in [-0.4, -0.2) is 4.98 Å². The Labute approximate surface area is 108 Å². The maximum Gasteiger partial charge on any atom is 0.0726 e. The Hall–Kier alpha value is -0.840. The van der Waals surface area contributed by atoms with Crippen LogP contribution in [0, 0.1) is 3.57 Å². The van der Waals surface area contributed by atoms with Gasteiger partial charge in [0.15, 0.2) is 0 Å². The first-order chi connectivity index (χ1) is 7.75. The monoisotopic (exact) mass is 320 g/mol. The number of rotatable bonds is 0. The number of nitrogens with two attached hydrogens (primary N) is 1. The van der Waals surface area contributed by atoms with Crippen molar-refractivity contribution in [1.82, 2.24) is 4.98 Å². The van der Waals surface area contributed by atoms with Crippen LogP contribution >= 0.6 is 22.6 Å². The molecule has 3 rings (SSSR count). The van der Waals surface area contributed by atoms with Crippen LogP contribution in [0.15, 0.2) is 18.2 Å². The summed E-state index contributed by atoms with van der Waals surface area (Å²) in [5, 5.41) is 1.12. The summed E-state index contributed by atoms with van der Waals surface area (Å²) in [6.07, 6.45) is 4.67. The number of halogens is 1. The lowest BCUT2D eigenvalue weighted by Crippen LogP contribution is -2.09. The lowest BCUT2D eigenvalue weighted by molar-refractivity contribution is 0.673.